The highest BCUT2D eigenvalue weighted by Crippen LogP contribution is 2.26. The van der Waals surface area contributed by atoms with Crippen molar-refractivity contribution < 1.29 is 4.63 Å². The molecule has 4 nitrogen and oxygen atoms in total. The first-order valence-corrected chi connectivity index (χ1v) is 7.63. The number of hydrogen-bond acceptors (Lipinski definition) is 4. The molecule has 0 aliphatic rings. The summed E-state index contributed by atoms with van der Waals surface area (Å²) in [5.41, 5.74) is 6.35. The van der Waals surface area contributed by atoms with Gasteiger partial charge in [0.25, 0.3) is 0 Å². The number of hydrogen-bond donors (Lipinski definition) is 0. The molecule has 0 atom stereocenters. The van der Waals surface area contributed by atoms with Crippen molar-refractivity contribution in [1.82, 2.24) is 10.3 Å². The number of aromatic nitrogens is 2. The molecule has 0 aliphatic carbocycles. The lowest BCUT2D eigenvalue weighted by Gasteiger charge is -2.20. The van der Waals surface area contributed by atoms with E-state index in [2.05, 4.69) is 66.4 Å². The van der Waals surface area contributed by atoms with Crippen LogP contribution in [0.15, 0.2) is 41.0 Å². The summed E-state index contributed by atoms with van der Waals surface area (Å²) in [5, 5.41) is 7.94. The van der Waals surface area contributed by atoms with Gasteiger partial charge in [0.15, 0.2) is 5.52 Å². The normalized spacial score (nSPS) is 10.2. The first kappa shape index (κ1) is 16.0. The molecule has 0 fully saturated rings. The Kier molecular flexibility index (Phi) is 5.15. The van der Waals surface area contributed by atoms with E-state index in [-0.39, 0.29) is 0 Å². The van der Waals surface area contributed by atoms with E-state index >= 15 is 0 Å². The standard InChI is InChI=1S/C16H17N3O.C2H6/c1-11-4-6-13(7-5-11)10-19(3)15-9-12(2)8-14-16(15)18-20-17-14;1-2/h4-9H,10H2,1-3H3;1-2H3. The lowest BCUT2D eigenvalue weighted by molar-refractivity contribution is 0.315. The summed E-state index contributed by atoms with van der Waals surface area (Å²) in [6.45, 7) is 8.97. The molecule has 1 aromatic heterocycles. The van der Waals surface area contributed by atoms with E-state index in [1.54, 1.807) is 0 Å². The van der Waals surface area contributed by atoms with Crippen LogP contribution in [0, 0.1) is 13.8 Å². The number of benzene rings is 2. The average Bonchev–Trinajstić information content (AvgIpc) is 2.98. The molecule has 22 heavy (non-hydrogen) atoms. The van der Waals surface area contributed by atoms with Crippen LogP contribution in [0.5, 0.6) is 0 Å². The van der Waals surface area contributed by atoms with Crippen LogP contribution in [0.4, 0.5) is 5.69 Å². The minimum atomic E-state index is 0.802. The van der Waals surface area contributed by atoms with E-state index in [0.29, 0.717) is 0 Å². The second-order valence-corrected chi connectivity index (χ2v) is 5.26. The van der Waals surface area contributed by atoms with Crippen molar-refractivity contribution in [2.75, 3.05) is 11.9 Å². The van der Waals surface area contributed by atoms with Crippen LogP contribution in [0.1, 0.15) is 30.5 Å². The number of fused-ring (bicyclic) bond motifs is 1. The number of nitrogens with zero attached hydrogens (tertiary/aromatic N) is 3. The second-order valence-electron chi connectivity index (χ2n) is 5.26. The maximum atomic E-state index is 4.85. The molecule has 116 valence electrons. The van der Waals surface area contributed by atoms with E-state index in [4.69, 9.17) is 4.63 Å². The first-order valence-electron chi connectivity index (χ1n) is 7.63. The minimum absolute atomic E-state index is 0.802. The highest BCUT2D eigenvalue weighted by atomic mass is 16.6. The summed E-state index contributed by atoms with van der Waals surface area (Å²) in [6, 6.07) is 12.7. The van der Waals surface area contributed by atoms with Crippen molar-refractivity contribution in [1.29, 1.82) is 0 Å². The average molecular weight is 297 g/mol. The van der Waals surface area contributed by atoms with Gasteiger partial charge in [0.2, 0.25) is 0 Å². The largest absolute Gasteiger partial charge is 0.368 e. The van der Waals surface area contributed by atoms with Crippen LogP contribution < -0.4 is 4.90 Å². The SMILES string of the molecule is CC.Cc1ccc(CN(C)c2cc(C)cc3nonc23)cc1. The highest BCUT2D eigenvalue weighted by molar-refractivity contribution is 5.88. The van der Waals surface area contributed by atoms with Crippen LogP contribution in [0.2, 0.25) is 0 Å². The van der Waals surface area contributed by atoms with E-state index < -0.39 is 0 Å². The monoisotopic (exact) mass is 297 g/mol. The molecule has 0 N–H and O–H groups in total. The molecule has 0 spiro atoms. The maximum Gasteiger partial charge on any atom is 0.158 e. The summed E-state index contributed by atoms with van der Waals surface area (Å²) in [6.07, 6.45) is 0. The van der Waals surface area contributed by atoms with Gasteiger partial charge in [0.1, 0.15) is 5.52 Å². The molecule has 0 bridgehead atoms. The van der Waals surface area contributed by atoms with Crippen LogP contribution in [-0.2, 0) is 6.54 Å². The molecule has 4 heteroatoms. The van der Waals surface area contributed by atoms with Gasteiger partial charge >= 0.3 is 0 Å². The molecule has 1 heterocycles. The number of anilines is 1. The van der Waals surface area contributed by atoms with Gasteiger partial charge < -0.3 is 4.90 Å². The summed E-state index contributed by atoms with van der Waals surface area (Å²) in [4.78, 5) is 2.17. The molecule has 3 rings (SSSR count). The molecule has 0 amide bonds. The molecule has 0 radical (unpaired) electrons. The first-order chi connectivity index (χ1) is 10.6. The fourth-order valence-corrected chi connectivity index (χ4v) is 2.35. The lowest BCUT2D eigenvalue weighted by atomic mass is 10.1. The van der Waals surface area contributed by atoms with Crippen molar-refractivity contribution in [3.05, 3.63) is 53.1 Å². The fourth-order valence-electron chi connectivity index (χ4n) is 2.35. The Morgan fingerprint density at radius 2 is 1.64 bits per heavy atom. The van der Waals surface area contributed by atoms with Crippen LogP contribution in [-0.4, -0.2) is 17.4 Å². The van der Waals surface area contributed by atoms with Crippen molar-refractivity contribution in [3.8, 4) is 0 Å². The zero-order chi connectivity index (χ0) is 16.1. The summed E-state index contributed by atoms with van der Waals surface area (Å²) in [7, 11) is 2.06. The molecular formula is C18H23N3O. The molecule has 3 aromatic rings. The quantitative estimate of drug-likeness (QED) is 0.713. The van der Waals surface area contributed by atoms with Gasteiger partial charge in [-0.05, 0) is 47.4 Å². The van der Waals surface area contributed by atoms with Gasteiger partial charge in [-0.25, -0.2) is 4.63 Å². The summed E-state index contributed by atoms with van der Waals surface area (Å²) < 4.78 is 4.85. The number of rotatable bonds is 3. The van der Waals surface area contributed by atoms with Gasteiger partial charge in [-0.15, -0.1) is 0 Å². The van der Waals surface area contributed by atoms with Gasteiger partial charge in [-0.2, -0.15) is 0 Å². The topological polar surface area (TPSA) is 42.2 Å². The van der Waals surface area contributed by atoms with Crippen molar-refractivity contribution in [2.45, 2.75) is 34.2 Å². The van der Waals surface area contributed by atoms with Crippen LogP contribution in [0.3, 0.4) is 0 Å². The summed E-state index contributed by atoms with van der Waals surface area (Å²) in [5.74, 6) is 0. The Balaban J connectivity index is 0.000000847. The minimum Gasteiger partial charge on any atom is -0.368 e. The van der Waals surface area contributed by atoms with Crippen molar-refractivity contribution in [3.63, 3.8) is 0 Å². The Morgan fingerprint density at radius 1 is 0.955 bits per heavy atom. The molecule has 2 aromatic carbocycles. The van der Waals surface area contributed by atoms with E-state index in [1.165, 1.54) is 11.1 Å². The zero-order valence-corrected chi connectivity index (χ0v) is 13.9. The third kappa shape index (κ3) is 3.45. The predicted molar refractivity (Wildman–Crippen MR) is 91.2 cm³/mol. The van der Waals surface area contributed by atoms with Crippen molar-refractivity contribution >= 4 is 16.7 Å². The van der Waals surface area contributed by atoms with Gasteiger partial charge in [0, 0.05) is 13.6 Å². The van der Waals surface area contributed by atoms with E-state index in [9.17, 15) is 0 Å². The Hall–Kier alpha value is -2.36. The van der Waals surface area contributed by atoms with Crippen molar-refractivity contribution in [2.24, 2.45) is 0 Å². The van der Waals surface area contributed by atoms with Gasteiger partial charge in [-0.3, -0.25) is 0 Å². The molecule has 0 unspecified atom stereocenters. The Bertz CT molecular complexity index is 732. The molecule has 0 aliphatic heterocycles. The predicted octanol–water partition coefficient (Wildman–Crippen LogP) is 4.50. The van der Waals surface area contributed by atoms with Crippen LogP contribution in [0.25, 0.3) is 11.0 Å². The summed E-state index contributed by atoms with van der Waals surface area (Å²) >= 11 is 0. The van der Waals surface area contributed by atoms with E-state index in [0.717, 1.165) is 28.8 Å². The van der Waals surface area contributed by atoms with Gasteiger partial charge in [-0.1, -0.05) is 43.7 Å². The Labute approximate surface area is 131 Å². The smallest absolute Gasteiger partial charge is 0.158 e. The molecule has 0 saturated heterocycles. The van der Waals surface area contributed by atoms with E-state index in [1.807, 2.05) is 19.9 Å². The second kappa shape index (κ2) is 7.07. The third-order valence-electron chi connectivity index (χ3n) is 3.44. The highest BCUT2D eigenvalue weighted by Gasteiger charge is 2.12. The fraction of sp³-hybridized carbons (Fsp3) is 0.333. The maximum absolute atomic E-state index is 4.85. The molecule has 0 saturated carbocycles. The molecular weight excluding hydrogens is 274 g/mol. The third-order valence-corrected chi connectivity index (χ3v) is 3.44. The zero-order valence-electron chi connectivity index (χ0n) is 13.9. The number of aryl methyl sites for hydroxylation is 2. The Morgan fingerprint density at radius 3 is 2.32 bits per heavy atom. The lowest BCUT2D eigenvalue weighted by Crippen LogP contribution is -2.16. The van der Waals surface area contributed by atoms with Crippen LogP contribution >= 0.6 is 0 Å². The van der Waals surface area contributed by atoms with Gasteiger partial charge in [0.05, 0.1) is 5.69 Å².